The fourth-order valence-corrected chi connectivity index (χ4v) is 3.82. The van der Waals surface area contributed by atoms with E-state index < -0.39 is 0 Å². The van der Waals surface area contributed by atoms with Gasteiger partial charge >= 0.3 is 0 Å². The van der Waals surface area contributed by atoms with Gasteiger partial charge in [-0.2, -0.15) is 5.10 Å². The molecule has 0 amide bonds. The molecule has 1 aliphatic rings. The first-order valence-electron chi connectivity index (χ1n) is 7.82. The van der Waals surface area contributed by atoms with E-state index in [1.807, 2.05) is 6.07 Å². The first kappa shape index (κ1) is 13.8. The lowest BCUT2D eigenvalue weighted by Gasteiger charge is -2.23. The normalized spacial score (nSPS) is 17.8. The van der Waals surface area contributed by atoms with Crippen LogP contribution in [0.4, 0.5) is 0 Å². The van der Waals surface area contributed by atoms with Crippen molar-refractivity contribution in [3.63, 3.8) is 0 Å². The molecule has 22 heavy (non-hydrogen) atoms. The zero-order valence-electron chi connectivity index (χ0n) is 12.6. The lowest BCUT2D eigenvalue weighted by molar-refractivity contribution is 0.357. The number of fused-ring (bicyclic) bond motifs is 2. The van der Waals surface area contributed by atoms with Gasteiger partial charge in [0, 0.05) is 25.4 Å². The molecule has 1 N–H and O–H groups in total. The second-order valence-electron chi connectivity index (χ2n) is 5.67. The number of nitrogens with one attached hydrogen (secondary N) is 1. The van der Waals surface area contributed by atoms with Crippen molar-refractivity contribution in [1.82, 2.24) is 25.1 Å². The summed E-state index contributed by atoms with van der Waals surface area (Å²) >= 11 is 1.77. The van der Waals surface area contributed by atoms with Crippen LogP contribution in [0.5, 0.6) is 0 Å². The predicted molar refractivity (Wildman–Crippen MR) is 88.0 cm³/mol. The average molecular weight is 313 g/mol. The number of hydrogen-bond acceptors (Lipinski definition) is 5. The van der Waals surface area contributed by atoms with Gasteiger partial charge in [0.15, 0.2) is 5.82 Å². The Kier molecular flexibility index (Phi) is 3.63. The van der Waals surface area contributed by atoms with Crippen molar-refractivity contribution in [2.45, 2.75) is 45.3 Å². The van der Waals surface area contributed by atoms with Gasteiger partial charge in [0.1, 0.15) is 10.8 Å². The van der Waals surface area contributed by atoms with E-state index in [0.29, 0.717) is 6.04 Å². The minimum absolute atomic E-state index is 0.450. The van der Waals surface area contributed by atoms with Crippen molar-refractivity contribution < 1.29 is 0 Å². The molecule has 0 aliphatic carbocycles. The average Bonchev–Trinajstić information content (AvgIpc) is 3.15. The number of aryl methyl sites for hydroxylation is 2. The second kappa shape index (κ2) is 5.78. The molecule has 1 aliphatic heterocycles. The third-order valence-electron chi connectivity index (χ3n) is 4.10. The highest BCUT2D eigenvalue weighted by atomic mass is 32.1. The third-order valence-corrected chi connectivity index (χ3v) is 5.13. The molecule has 0 radical (unpaired) electrons. The van der Waals surface area contributed by atoms with E-state index in [9.17, 15) is 0 Å². The molecule has 0 bridgehead atoms. The smallest absolute Gasteiger partial charge is 0.150 e. The van der Waals surface area contributed by atoms with Crippen LogP contribution < -0.4 is 5.32 Å². The maximum atomic E-state index is 4.68. The topological polar surface area (TPSA) is 55.6 Å². The minimum atomic E-state index is 0.450. The Morgan fingerprint density at radius 3 is 3.09 bits per heavy atom. The molecule has 0 spiro atoms. The molecule has 3 heterocycles. The zero-order valence-corrected chi connectivity index (χ0v) is 13.4. The van der Waals surface area contributed by atoms with Crippen LogP contribution in [0.2, 0.25) is 0 Å². The molecule has 4 rings (SSSR count). The number of para-hydroxylation sites is 1. The van der Waals surface area contributed by atoms with Gasteiger partial charge in [-0.1, -0.05) is 19.1 Å². The SMILES string of the molecule is CCc1nc2n(n1)C[C@H](NCc1nc3ccccc3s1)CC2. The molecule has 6 heteroatoms. The number of thiazole rings is 1. The van der Waals surface area contributed by atoms with Crippen molar-refractivity contribution in [3.8, 4) is 0 Å². The first-order chi connectivity index (χ1) is 10.8. The van der Waals surface area contributed by atoms with Crippen molar-refractivity contribution in [2.75, 3.05) is 0 Å². The Hall–Kier alpha value is -1.79. The standard InChI is InChI=1S/C16H19N5S/c1-2-14-19-15-8-7-11(10-21(15)20-14)17-9-16-18-12-5-3-4-6-13(12)22-16/h3-6,11,17H,2,7-10H2,1H3/t11-/m1/s1. The van der Waals surface area contributed by atoms with E-state index in [1.54, 1.807) is 11.3 Å². The summed E-state index contributed by atoms with van der Waals surface area (Å²) in [5.41, 5.74) is 1.10. The van der Waals surface area contributed by atoms with Crippen molar-refractivity contribution in [2.24, 2.45) is 0 Å². The highest BCUT2D eigenvalue weighted by Gasteiger charge is 2.21. The first-order valence-corrected chi connectivity index (χ1v) is 8.64. The van der Waals surface area contributed by atoms with Gasteiger partial charge in [0.25, 0.3) is 0 Å². The van der Waals surface area contributed by atoms with Gasteiger partial charge in [0.05, 0.1) is 16.8 Å². The quantitative estimate of drug-likeness (QED) is 0.804. The van der Waals surface area contributed by atoms with Gasteiger partial charge in [-0.15, -0.1) is 11.3 Å². The summed E-state index contributed by atoms with van der Waals surface area (Å²) in [6.45, 7) is 3.84. The summed E-state index contributed by atoms with van der Waals surface area (Å²) in [5.74, 6) is 2.09. The van der Waals surface area contributed by atoms with Crippen LogP contribution in [0.1, 0.15) is 30.0 Å². The monoisotopic (exact) mass is 313 g/mol. The van der Waals surface area contributed by atoms with Gasteiger partial charge in [-0.25, -0.2) is 14.6 Å². The van der Waals surface area contributed by atoms with Crippen LogP contribution in [-0.2, 0) is 25.9 Å². The third kappa shape index (κ3) is 2.64. The Bertz CT molecular complexity index is 758. The van der Waals surface area contributed by atoms with E-state index in [4.69, 9.17) is 0 Å². The fourth-order valence-electron chi connectivity index (χ4n) is 2.90. The van der Waals surface area contributed by atoms with Crippen molar-refractivity contribution in [1.29, 1.82) is 0 Å². The Morgan fingerprint density at radius 1 is 1.32 bits per heavy atom. The molecule has 0 saturated heterocycles. The van der Waals surface area contributed by atoms with Crippen LogP contribution in [0.15, 0.2) is 24.3 Å². The summed E-state index contributed by atoms with van der Waals surface area (Å²) in [6.07, 6.45) is 3.03. The highest BCUT2D eigenvalue weighted by molar-refractivity contribution is 7.18. The van der Waals surface area contributed by atoms with E-state index in [0.717, 1.165) is 54.5 Å². The lowest BCUT2D eigenvalue weighted by atomic mass is 10.1. The summed E-state index contributed by atoms with van der Waals surface area (Å²) < 4.78 is 3.33. The van der Waals surface area contributed by atoms with E-state index in [1.165, 1.54) is 4.70 Å². The molecule has 0 fully saturated rings. The van der Waals surface area contributed by atoms with E-state index in [-0.39, 0.29) is 0 Å². The Labute approximate surface area is 133 Å². The summed E-state index contributed by atoms with van der Waals surface area (Å²) in [7, 11) is 0. The second-order valence-corrected chi connectivity index (χ2v) is 6.79. The Morgan fingerprint density at radius 2 is 2.23 bits per heavy atom. The number of benzene rings is 1. The number of nitrogens with zero attached hydrogens (tertiary/aromatic N) is 4. The molecule has 114 valence electrons. The van der Waals surface area contributed by atoms with Gasteiger partial charge in [-0.3, -0.25) is 0 Å². The highest BCUT2D eigenvalue weighted by Crippen LogP contribution is 2.22. The molecule has 1 atom stereocenters. The van der Waals surface area contributed by atoms with Crippen LogP contribution in [-0.4, -0.2) is 25.8 Å². The van der Waals surface area contributed by atoms with Crippen molar-refractivity contribution >= 4 is 21.6 Å². The van der Waals surface area contributed by atoms with Crippen LogP contribution in [0, 0.1) is 0 Å². The molecular formula is C16H19N5S. The predicted octanol–water partition coefficient (Wildman–Crippen LogP) is 2.55. The molecular weight excluding hydrogens is 294 g/mol. The van der Waals surface area contributed by atoms with Crippen LogP contribution in [0.3, 0.4) is 0 Å². The molecule has 0 unspecified atom stereocenters. The van der Waals surface area contributed by atoms with E-state index in [2.05, 4.69) is 50.2 Å². The maximum absolute atomic E-state index is 4.68. The van der Waals surface area contributed by atoms with Crippen LogP contribution >= 0.6 is 11.3 Å². The van der Waals surface area contributed by atoms with Gasteiger partial charge in [-0.05, 0) is 18.6 Å². The fraction of sp³-hybridized carbons (Fsp3) is 0.438. The lowest BCUT2D eigenvalue weighted by Crippen LogP contribution is -2.37. The maximum Gasteiger partial charge on any atom is 0.150 e. The van der Waals surface area contributed by atoms with Crippen LogP contribution in [0.25, 0.3) is 10.2 Å². The molecule has 3 aromatic rings. The summed E-state index contributed by atoms with van der Waals surface area (Å²) in [6, 6.07) is 8.76. The zero-order chi connectivity index (χ0) is 14.9. The summed E-state index contributed by atoms with van der Waals surface area (Å²) in [5, 5.41) is 9.34. The molecule has 1 aromatic carbocycles. The van der Waals surface area contributed by atoms with Gasteiger partial charge < -0.3 is 5.32 Å². The number of rotatable bonds is 4. The number of hydrogen-bond donors (Lipinski definition) is 1. The van der Waals surface area contributed by atoms with Gasteiger partial charge in [0.2, 0.25) is 0 Å². The van der Waals surface area contributed by atoms with E-state index >= 15 is 0 Å². The summed E-state index contributed by atoms with van der Waals surface area (Å²) in [4.78, 5) is 9.24. The largest absolute Gasteiger partial charge is 0.306 e. The molecule has 2 aromatic heterocycles. The molecule has 0 saturated carbocycles. The number of aromatic nitrogens is 4. The Balaban J connectivity index is 1.42. The minimum Gasteiger partial charge on any atom is -0.306 e. The molecule has 5 nitrogen and oxygen atoms in total. The van der Waals surface area contributed by atoms with Crippen molar-refractivity contribution in [3.05, 3.63) is 40.9 Å².